The van der Waals surface area contributed by atoms with E-state index in [-0.39, 0.29) is 13.2 Å². The molecule has 0 aliphatic carbocycles. The second-order valence-corrected chi connectivity index (χ2v) is 1.30. The molecule has 0 atom stereocenters. The van der Waals surface area contributed by atoms with E-state index >= 15 is 0 Å². The summed E-state index contributed by atoms with van der Waals surface area (Å²) in [4.78, 5) is 0. The lowest BCUT2D eigenvalue weighted by molar-refractivity contribution is 0.0804. The van der Waals surface area contributed by atoms with Crippen molar-refractivity contribution < 1.29 is 14.4 Å². The Labute approximate surface area is 47.5 Å². The van der Waals surface area contributed by atoms with Crippen LogP contribution in [0.5, 0.6) is 0 Å². The van der Waals surface area contributed by atoms with E-state index in [1.807, 2.05) is 0 Å². The Morgan fingerprint density at radius 3 is 1.86 bits per heavy atom. The summed E-state index contributed by atoms with van der Waals surface area (Å²) in [5.74, 6) is 0. The van der Waals surface area contributed by atoms with Crippen molar-refractivity contribution in [3.8, 4) is 0 Å². The molecule has 0 aliphatic heterocycles. The second-order valence-electron chi connectivity index (χ2n) is 1.09. The quantitative estimate of drug-likeness (QED) is 0.341. The topological polar surface area (TPSA) is 49.7 Å². The van der Waals surface area contributed by atoms with Crippen LogP contribution in [-0.2, 0) is 4.18 Å². The SMILES string of the molecule is OCC(CO)OS. The Kier molecular flexibility index (Phi) is 4.53. The zero-order chi connectivity index (χ0) is 5.70. The number of hydrogen-bond acceptors (Lipinski definition) is 4. The molecule has 0 aromatic carbocycles. The van der Waals surface area contributed by atoms with Gasteiger partial charge < -0.3 is 14.4 Å². The number of rotatable bonds is 3. The Morgan fingerprint density at radius 1 is 1.43 bits per heavy atom. The van der Waals surface area contributed by atoms with Gasteiger partial charge in [-0.05, 0) is 12.9 Å². The monoisotopic (exact) mass is 124 g/mol. The van der Waals surface area contributed by atoms with Crippen LogP contribution in [0.3, 0.4) is 0 Å². The lowest BCUT2D eigenvalue weighted by Crippen LogP contribution is -2.17. The minimum absolute atomic E-state index is 0.194. The van der Waals surface area contributed by atoms with Crippen LogP contribution in [0, 0.1) is 0 Å². The van der Waals surface area contributed by atoms with E-state index in [0.29, 0.717) is 0 Å². The molecule has 0 saturated carbocycles. The van der Waals surface area contributed by atoms with Crippen molar-refractivity contribution in [1.29, 1.82) is 0 Å². The van der Waals surface area contributed by atoms with Gasteiger partial charge >= 0.3 is 0 Å². The molecular formula is C3H8O3S. The first-order chi connectivity index (χ1) is 3.35. The average molecular weight is 124 g/mol. The van der Waals surface area contributed by atoms with E-state index in [1.54, 1.807) is 0 Å². The summed E-state index contributed by atoms with van der Waals surface area (Å²) < 4.78 is 4.24. The molecule has 3 nitrogen and oxygen atoms in total. The third kappa shape index (κ3) is 2.87. The van der Waals surface area contributed by atoms with Crippen LogP contribution < -0.4 is 0 Å². The van der Waals surface area contributed by atoms with Crippen LogP contribution in [0.25, 0.3) is 0 Å². The molecule has 44 valence electrons. The smallest absolute Gasteiger partial charge is 0.118 e. The van der Waals surface area contributed by atoms with Crippen LogP contribution in [-0.4, -0.2) is 29.5 Å². The van der Waals surface area contributed by atoms with Crippen LogP contribution >= 0.6 is 12.9 Å². The number of thiol groups is 1. The van der Waals surface area contributed by atoms with Crippen LogP contribution in [0.2, 0.25) is 0 Å². The molecule has 0 unspecified atom stereocenters. The summed E-state index contributed by atoms with van der Waals surface area (Å²) in [5, 5.41) is 16.4. The summed E-state index contributed by atoms with van der Waals surface area (Å²) >= 11 is 3.36. The van der Waals surface area contributed by atoms with E-state index < -0.39 is 6.10 Å². The van der Waals surface area contributed by atoms with Gasteiger partial charge in [-0.3, -0.25) is 0 Å². The molecule has 0 amide bonds. The standard InChI is InChI=1S/C3H8O3S/c4-1-3(2-5)6-7/h3-5,7H,1-2H2. The van der Waals surface area contributed by atoms with Gasteiger partial charge in [-0.25, -0.2) is 0 Å². The molecule has 0 rings (SSSR count). The third-order valence-corrected chi connectivity index (χ3v) is 0.854. The van der Waals surface area contributed by atoms with Gasteiger partial charge in [0.2, 0.25) is 0 Å². The van der Waals surface area contributed by atoms with Crippen molar-refractivity contribution in [2.75, 3.05) is 13.2 Å². The fraction of sp³-hybridized carbons (Fsp3) is 1.00. The summed E-state index contributed by atoms with van der Waals surface area (Å²) in [7, 11) is 0. The molecular weight excluding hydrogens is 116 g/mol. The van der Waals surface area contributed by atoms with Gasteiger partial charge in [0.05, 0.1) is 13.2 Å². The Hall–Kier alpha value is 0.230. The predicted molar refractivity (Wildman–Crippen MR) is 28.0 cm³/mol. The van der Waals surface area contributed by atoms with E-state index in [1.165, 1.54) is 0 Å². The number of aliphatic hydroxyl groups is 2. The molecule has 0 aromatic rings. The fourth-order valence-corrected chi connectivity index (χ4v) is 0.258. The van der Waals surface area contributed by atoms with Crippen LogP contribution in [0.15, 0.2) is 0 Å². The van der Waals surface area contributed by atoms with Gasteiger partial charge in [-0.2, -0.15) is 0 Å². The second kappa shape index (κ2) is 4.39. The summed E-state index contributed by atoms with van der Waals surface area (Å²) in [5.41, 5.74) is 0. The van der Waals surface area contributed by atoms with Gasteiger partial charge in [-0.1, -0.05) is 0 Å². The van der Waals surface area contributed by atoms with Crippen LogP contribution in [0.1, 0.15) is 0 Å². The minimum Gasteiger partial charge on any atom is -0.394 e. The molecule has 7 heavy (non-hydrogen) atoms. The van der Waals surface area contributed by atoms with E-state index in [9.17, 15) is 0 Å². The molecule has 2 N–H and O–H groups in total. The maximum atomic E-state index is 8.19. The minimum atomic E-state index is -0.539. The summed E-state index contributed by atoms with van der Waals surface area (Å²) in [6.07, 6.45) is -0.539. The van der Waals surface area contributed by atoms with Crippen molar-refractivity contribution in [3.63, 3.8) is 0 Å². The molecule has 0 aromatic heterocycles. The largest absolute Gasteiger partial charge is 0.394 e. The molecule has 0 saturated heterocycles. The fourth-order valence-electron chi connectivity index (χ4n) is 0.124. The van der Waals surface area contributed by atoms with Gasteiger partial charge in [0.1, 0.15) is 6.10 Å². The summed E-state index contributed by atoms with van der Waals surface area (Å²) in [6.45, 7) is -0.389. The highest BCUT2D eigenvalue weighted by Gasteiger charge is 2.00. The van der Waals surface area contributed by atoms with Crippen molar-refractivity contribution in [3.05, 3.63) is 0 Å². The Morgan fingerprint density at radius 2 is 1.86 bits per heavy atom. The molecule has 0 bridgehead atoms. The van der Waals surface area contributed by atoms with Crippen molar-refractivity contribution in [2.24, 2.45) is 0 Å². The van der Waals surface area contributed by atoms with Gasteiger partial charge in [0.15, 0.2) is 0 Å². The Bertz CT molecular complexity index is 31.7. The highest BCUT2D eigenvalue weighted by atomic mass is 32.1. The molecule has 4 heteroatoms. The number of aliphatic hydroxyl groups excluding tert-OH is 2. The van der Waals surface area contributed by atoms with Crippen molar-refractivity contribution >= 4 is 12.9 Å². The zero-order valence-corrected chi connectivity index (χ0v) is 4.64. The maximum absolute atomic E-state index is 8.19. The third-order valence-electron chi connectivity index (χ3n) is 0.556. The van der Waals surface area contributed by atoms with E-state index in [2.05, 4.69) is 17.1 Å². The lowest BCUT2D eigenvalue weighted by Gasteiger charge is -2.03. The highest BCUT2D eigenvalue weighted by Crippen LogP contribution is 1.89. The van der Waals surface area contributed by atoms with Crippen LogP contribution in [0.4, 0.5) is 0 Å². The van der Waals surface area contributed by atoms with E-state index in [4.69, 9.17) is 10.2 Å². The molecule has 0 fully saturated rings. The Balaban J connectivity index is 2.99. The predicted octanol–water partition coefficient (Wildman–Crippen LogP) is -0.799. The average Bonchev–Trinajstić information content (AvgIpc) is 1.72. The highest BCUT2D eigenvalue weighted by molar-refractivity contribution is 7.75. The molecule has 0 radical (unpaired) electrons. The normalized spacial score (nSPS) is 10.3. The first-order valence-corrected chi connectivity index (χ1v) is 2.23. The van der Waals surface area contributed by atoms with Crippen molar-refractivity contribution in [1.82, 2.24) is 0 Å². The van der Waals surface area contributed by atoms with Gasteiger partial charge in [0, 0.05) is 0 Å². The first-order valence-electron chi connectivity index (χ1n) is 1.87. The lowest BCUT2D eigenvalue weighted by atomic mass is 10.4. The number of hydrogen-bond donors (Lipinski definition) is 3. The van der Waals surface area contributed by atoms with Gasteiger partial charge in [0.25, 0.3) is 0 Å². The van der Waals surface area contributed by atoms with E-state index in [0.717, 1.165) is 0 Å². The first kappa shape index (κ1) is 7.23. The maximum Gasteiger partial charge on any atom is 0.118 e. The van der Waals surface area contributed by atoms with Crippen molar-refractivity contribution in [2.45, 2.75) is 6.10 Å². The zero-order valence-electron chi connectivity index (χ0n) is 3.74. The molecule has 0 aliphatic rings. The van der Waals surface area contributed by atoms with Gasteiger partial charge in [-0.15, -0.1) is 0 Å². The summed E-state index contributed by atoms with van der Waals surface area (Å²) in [6, 6.07) is 0. The molecule has 0 heterocycles. The molecule has 0 spiro atoms.